The highest BCUT2D eigenvalue weighted by molar-refractivity contribution is 5.96. The number of benzene rings is 1. The van der Waals surface area contributed by atoms with E-state index >= 15 is 0 Å². The third-order valence-electron chi connectivity index (χ3n) is 4.25. The molecule has 1 amide bonds. The second-order valence-corrected chi connectivity index (χ2v) is 5.61. The normalized spacial score (nSPS) is 20.1. The molecule has 1 N–H and O–H groups in total. The lowest BCUT2D eigenvalue weighted by atomic mass is 9.79. The maximum Gasteiger partial charge on any atom is 0.335 e. The van der Waals surface area contributed by atoms with Gasteiger partial charge in [0.1, 0.15) is 5.82 Å². The van der Waals surface area contributed by atoms with Crippen LogP contribution in [0.15, 0.2) is 18.2 Å². The van der Waals surface area contributed by atoms with Gasteiger partial charge in [-0.05, 0) is 37.5 Å². The number of hydrogen-bond acceptors (Lipinski definition) is 3. The molecule has 6 heteroatoms. The zero-order valence-corrected chi connectivity index (χ0v) is 11.5. The topological polar surface area (TPSA) is 66.8 Å². The van der Waals surface area contributed by atoms with E-state index in [1.165, 1.54) is 12.1 Å². The Morgan fingerprint density at radius 2 is 2.10 bits per heavy atom. The fourth-order valence-electron chi connectivity index (χ4n) is 2.88. The molecule has 1 aromatic carbocycles. The number of carbonyl (C=O) groups excluding carboxylic acids is 1. The van der Waals surface area contributed by atoms with Crippen molar-refractivity contribution in [3.8, 4) is 0 Å². The molecule has 1 spiro atoms. The molecule has 21 heavy (non-hydrogen) atoms. The van der Waals surface area contributed by atoms with Crippen LogP contribution in [0, 0.1) is 5.82 Å². The monoisotopic (exact) mass is 293 g/mol. The average Bonchev–Trinajstić information content (AvgIpc) is 2.45. The summed E-state index contributed by atoms with van der Waals surface area (Å²) in [7, 11) is 0. The highest BCUT2D eigenvalue weighted by Gasteiger charge is 2.43. The van der Waals surface area contributed by atoms with Gasteiger partial charge in [0, 0.05) is 6.54 Å². The summed E-state index contributed by atoms with van der Waals surface area (Å²) in [5, 5.41) is 8.82. The summed E-state index contributed by atoms with van der Waals surface area (Å²) in [5.74, 6) is -2.42. The van der Waals surface area contributed by atoms with Gasteiger partial charge in [-0.2, -0.15) is 0 Å². The van der Waals surface area contributed by atoms with Crippen molar-refractivity contribution in [1.29, 1.82) is 0 Å². The quantitative estimate of drug-likeness (QED) is 0.904. The minimum absolute atomic E-state index is 0.0867. The number of carboxylic acids is 1. The van der Waals surface area contributed by atoms with Crippen molar-refractivity contribution in [2.75, 3.05) is 19.7 Å². The summed E-state index contributed by atoms with van der Waals surface area (Å²) in [5.41, 5.74) is -0.497. The molecule has 112 valence electrons. The van der Waals surface area contributed by atoms with Crippen LogP contribution in [0.3, 0.4) is 0 Å². The number of hydrogen-bond donors (Lipinski definition) is 1. The first-order valence-electron chi connectivity index (χ1n) is 6.97. The van der Waals surface area contributed by atoms with Gasteiger partial charge >= 0.3 is 5.97 Å². The Morgan fingerprint density at radius 1 is 1.33 bits per heavy atom. The SMILES string of the molecule is O=C(O)c1ccc(C(=O)N2CCOC3(CCC3)C2)c(F)c1. The molecular weight excluding hydrogens is 277 g/mol. The van der Waals surface area contributed by atoms with E-state index in [0.29, 0.717) is 19.7 Å². The summed E-state index contributed by atoms with van der Waals surface area (Å²) in [6.45, 7) is 1.37. The number of nitrogens with zero attached hydrogens (tertiary/aromatic N) is 1. The second-order valence-electron chi connectivity index (χ2n) is 5.61. The number of carbonyl (C=O) groups is 2. The van der Waals surface area contributed by atoms with Crippen LogP contribution in [0.4, 0.5) is 4.39 Å². The molecule has 0 unspecified atom stereocenters. The number of rotatable bonds is 2. The summed E-state index contributed by atoms with van der Waals surface area (Å²) in [6.07, 6.45) is 2.94. The van der Waals surface area contributed by atoms with Crippen LogP contribution in [0.25, 0.3) is 0 Å². The third-order valence-corrected chi connectivity index (χ3v) is 4.25. The van der Waals surface area contributed by atoms with Crippen molar-refractivity contribution in [2.24, 2.45) is 0 Å². The highest BCUT2D eigenvalue weighted by Crippen LogP contribution is 2.38. The first kappa shape index (κ1) is 14.0. The van der Waals surface area contributed by atoms with Crippen molar-refractivity contribution in [3.05, 3.63) is 35.1 Å². The molecule has 5 nitrogen and oxygen atoms in total. The predicted molar refractivity (Wildman–Crippen MR) is 71.8 cm³/mol. The molecule has 0 bridgehead atoms. The Balaban J connectivity index is 1.80. The van der Waals surface area contributed by atoms with E-state index in [-0.39, 0.29) is 16.7 Å². The fraction of sp³-hybridized carbons (Fsp3) is 0.467. The molecule has 0 atom stereocenters. The number of aromatic carboxylic acids is 1. The van der Waals surface area contributed by atoms with Gasteiger partial charge in [-0.1, -0.05) is 0 Å². The lowest BCUT2D eigenvalue weighted by Gasteiger charge is -2.48. The fourth-order valence-corrected chi connectivity index (χ4v) is 2.88. The van der Waals surface area contributed by atoms with E-state index in [1.807, 2.05) is 0 Å². The van der Waals surface area contributed by atoms with Crippen LogP contribution in [0.2, 0.25) is 0 Å². The van der Waals surface area contributed by atoms with Crippen LogP contribution < -0.4 is 0 Å². The van der Waals surface area contributed by atoms with Crippen molar-refractivity contribution in [1.82, 2.24) is 4.90 Å². The van der Waals surface area contributed by atoms with E-state index in [0.717, 1.165) is 25.3 Å². The van der Waals surface area contributed by atoms with Gasteiger partial charge in [0.25, 0.3) is 5.91 Å². The van der Waals surface area contributed by atoms with Gasteiger partial charge in [-0.15, -0.1) is 0 Å². The van der Waals surface area contributed by atoms with E-state index in [1.54, 1.807) is 4.90 Å². The van der Waals surface area contributed by atoms with Gasteiger partial charge in [-0.25, -0.2) is 9.18 Å². The standard InChI is InChI=1S/C15H16FNO4/c16-12-8-10(14(19)20)2-3-11(12)13(18)17-6-7-21-15(9-17)4-1-5-15/h2-3,8H,1,4-7,9H2,(H,19,20). The molecule has 1 saturated carbocycles. The Morgan fingerprint density at radius 3 is 2.67 bits per heavy atom. The van der Waals surface area contributed by atoms with E-state index in [9.17, 15) is 14.0 Å². The smallest absolute Gasteiger partial charge is 0.335 e. The minimum Gasteiger partial charge on any atom is -0.478 e. The number of carboxylic acid groups (broad SMARTS) is 1. The zero-order chi connectivity index (χ0) is 15.0. The third kappa shape index (κ3) is 2.51. The Labute approximate surface area is 121 Å². The zero-order valence-electron chi connectivity index (χ0n) is 11.5. The van der Waals surface area contributed by atoms with Gasteiger partial charge in [-0.3, -0.25) is 4.79 Å². The molecule has 2 fully saturated rings. The summed E-state index contributed by atoms with van der Waals surface area (Å²) in [4.78, 5) is 24.8. The van der Waals surface area contributed by atoms with Crippen LogP contribution in [-0.2, 0) is 4.74 Å². The average molecular weight is 293 g/mol. The van der Waals surface area contributed by atoms with E-state index in [4.69, 9.17) is 9.84 Å². The molecule has 1 aliphatic heterocycles. The van der Waals surface area contributed by atoms with Gasteiger partial charge in [0.15, 0.2) is 0 Å². The summed E-state index contributed by atoms with van der Waals surface area (Å²) in [6, 6.07) is 3.37. The molecule has 0 radical (unpaired) electrons. The Bertz CT molecular complexity index is 597. The number of amides is 1. The van der Waals surface area contributed by atoms with Crippen LogP contribution in [0.5, 0.6) is 0 Å². The summed E-state index contributed by atoms with van der Waals surface area (Å²) < 4.78 is 19.7. The first-order valence-corrected chi connectivity index (χ1v) is 6.97. The van der Waals surface area contributed by atoms with E-state index < -0.39 is 17.7 Å². The molecule has 1 heterocycles. The highest BCUT2D eigenvalue weighted by atomic mass is 19.1. The second kappa shape index (κ2) is 5.11. The lowest BCUT2D eigenvalue weighted by Crippen LogP contribution is -2.57. The Kier molecular flexibility index (Phi) is 3.41. The van der Waals surface area contributed by atoms with E-state index in [2.05, 4.69) is 0 Å². The van der Waals surface area contributed by atoms with Crippen molar-refractivity contribution in [3.63, 3.8) is 0 Å². The van der Waals surface area contributed by atoms with Gasteiger partial charge < -0.3 is 14.7 Å². The molecule has 1 aliphatic carbocycles. The molecular formula is C15H16FNO4. The lowest BCUT2D eigenvalue weighted by molar-refractivity contribution is -0.142. The number of morpholine rings is 1. The largest absolute Gasteiger partial charge is 0.478 e. The van der Waals surface area contributed by atoms with Crippen LogP contribution in [0.1, 0.15) is 40.0 Å². The number of halogens is 1. The predicted octanol–water partition coefficient (Wildman–Crippen LogP) is 1.92. The first-order chi connectivity index (χ1) is 10.0. The maximum absolute atomic E-state index is 14.0. The molecule has 3 rings (SSSR count). The van der Waals surface area contributed by atoms with Crippen LogP contribution >= 0.6 is 0 Å². The molecule has 1 aromatic rings. The molecule has 0 aromatic heterocycles. The number of ether oxygens (including phenoxy) is 1. The van der Waals surface area contributed by atoms with Gasteiger partial charge in [0.05, 0.1) is 29.9 Å². The van der Waals surface area contributed by atoms with Crippen LogP contribution in [-0.4, -0.2) is 47.2 Å². The summed E-state index contributed by atoms with van der Waals surface area (Å²) >= 11 is 0. The van der Waals surface area contributed by atoms with Crippen molar-refractivity contribution < 1.29 is 23.8 Å². The molecule has 1 saturated heterocycles. The van der Waals surface area contributed by atoms with Crippen molar-refractivity contribution in [2.45, 2.75) is 24.9 Å². The van der Waals surface area contributed by atoms with Gasteiger partial charge in [0.2, 0.25) is 0 Å². The Hall–Kier alpha value is -1.95. The molecule has 2 aliphatic rings. The maximum atomic E-state index is 14.0. The minimum atomic E-state index is -1.22. The van der Waals surface area contributed by atoms with Crippen molar-refractivity contribution >= 4 is 11.9 Å².